The zero-order valence-electron chi connectivity index (χ0n) is 12.4. The average Bonchev–Trinajstić information content (AvgIpc) is 2.96. The van der Waals surface area contributed by atoms with Gasteiger partial charge in [0.25, 0.3) is 0 Å². The van der Waals surface area contributed by atoms with Crippen molar-refractivity contribution >= 4 is 17.7 Å². The van der Waals surface area contributed by atoms with Crippen molar-refractivity contribution in [3.63, 3.8) is 0 Å². The highest BCUT2D eigenvalue weighted by Gasteiger charge is 2.53. The molecule has 3 saturated carbocycles. The highest BCUT2D eigenvalue weighted by atomic mass is 32.2. The summed E-state index contributed by atoms with van der Waals surface area (Å²) in [6.07, 6.45) is 6.98. The molecular weight excluding hydrogens is 254 g/mol. The van der Waals surface area contributed by atoms with Crippen molar-refractivity contribution in [3.05, 3.63) is 0 Å². The van der Waals surface area contributed by atoms with Crippen molar-refractivity contribution in [1.82, 2.24) is 5.32 Å². The van der Waals surface area contributed by atoms with Gasteiger partial charge in [-0.05, 0) is 49.4 Å². The van der Waals surface area contributed by atoms with Gasteiger partial charge in [0.2, 0.25) is 5.91 Å². The van der Waals surface area contributed by atoms with Gasteiger partial charge < -0.3 is 5.32 Å². The number of hydrogen-bond acceptors (Lipinski definition) is 2. The summed E-state index contributed by atoms with van der Waals surface area (Å²) in [6.45, 7) is 6.52. The van der Waals surface area contributed by atoms with Crippen LogP contribution < -0.4 is 5.32 Å². The van der Waals surface area contributed by atoms with Gasteiger partial charge in [0, 0.05) is 10.8 Å². The van der Waals surface area contributed by atoms with Gasteiger partial charge in [0.05, 0.1) is 5.75 Å². The van der Waals surface area contributed by atoms with Crippen LogP contribution in [0.1, 0.15) is 52.9 Å². The Balaban J connectivity index is 1.51. The Morgan fingerprint density at radius 2 is 1.89 bits per heavy atom. The number of hydrogen-bond donors (Lipinski definition) is 1. The van der Waals surface area contributed by atoms with E-state index in [1.165, 1.54) is 32.1 Å². The highest BCUT2D eigenvalue weighted by Crippen LogP contribution is 2.58. The van der Waals surface area contributed by atoms with Gasteiger partial charge in [-0.1, -0.05) is 27.2 Å². The number of carbonyl (C=O) groups is 1. The third-order valence-corrected chi connectivity index (χ3v) is 6.68. The summed E-state index contributed by atoms with van der Waals surface area (Å²) in [5.74, 6) is 4.57. The quantitative estimate of drug-likeness (QED) is 0.858. The predicted octanol–water partition coefficient (Wildman–Crippen LogP) is 3.46. The fraction of sp³-hybridized carbons (Fsp3) is 0.938. The van der Waals surface area contributed by atoms with E-state index in [1.54, 1.807) is 11.8 Å². The lowest BCUT2D eigenvalue weighted by molar-refractivity contribution is -0.119. The van der Waals surface area contributed by atoms with E-state index < -0.39 is 0 Å². The molecule has 0 saturated heterocycles. The summed E-state index contributed by atoms with van der Waals surface area (Å²) in [5.41, 5.74) is 0. The second-order valence-electron chi connectivity index (χ2n) is 7.73. The van der Waals surface area contributed by atoms with Crippen LogP contribution in [0.5, 0.6) is 0 Å². The zero-order chi connectivity index (χ0) is 13.6. The summed E-state index contributed by atoms with van der Waals surface area (Å²) < 4.78 is 0.183. The fourth-order valence-corrected chi connectivity index (χ4v) is 5.41. The van der Waals surface area contributed by atoms with E-state index in [1.807, 2.05) is 0 Å². The lowest BCUT2D eigenvalue weighted by Crippen LogP contribution is -2.43. The van der Waals surface area contributed by atoms with E-state index in [2.05, 4.69) is 26.1 Å². The van der Waals surface area contributed by atoms with Gasteiger partial charge >= 0.3 is 0 Å². The molecule has 3 fully saturated rings. The number of amides is 1. The summed E-state index contributed by atoms with van der Waals surface area (Å²) in [7, 11) is 0. The lowest BCUT2D eigenvalue weighted by Gasteiger charge is -2.32. The lowest BCUT2D eigenvalue weighted by atomic mass is 9.79. The third kappa shape index (κ3) is 2.81. The molecule has 0 radical (unpaired) electrons. The smallest absolute Gasteiger partial charge is 0.230 e. The Morgan fingerprint density at radius 1 is 1.16 bits per heavy atom. The zero-order valence-corrected chi connectivity index (χ0v) is 13.3. The van der Waals surface area contributed by atoms with Crippen LogP contribution in [-0.4, -0.2) is 22.4 Å². The normalized spacial score (nSPS) is 40.5. The summed E-state index contributed by atoms with van der Waals surface area (Å²) in [4.78, 5) is 12.1. The molecule has 0 aromatic rings. The molecule has 1 N–H and O–H groups in total. The second-order valence-corrected chi connectivity index (χ2v) is 9.53. The maximum atomic E-state index is 12.1. The van der Waals surface area contributed by atoms with Crippen LogP contribution in [0.25, 0.3) is 0 Å². The SMILES string of the molecule is CC(C)(C)SCC(=O)N[C@@H]1C[C@H]2C[C@H]1[C@H]1CCC[C@@H]21. The van der Waals surface area contributed by atoms with Crippen LogP contribution in [-0.2, 0) is 4.79 Å². The topological polar surface area (TPSA) is 29.1 Å². The van der Waals surface area contributed by atoms with Crippen molar-refractivity contribution in [3.8, 4) is 0 Å². The Hall–Kier alpha value is -0.180. The minimum Gasteiger partial charge on any atom is -0.352 e. The maximum Gasteiger partial charge on any atom is 0.230 e. The molecule has 0 aromatic carbocycles. The number of nitrogens with one attached hydrogen (secondary N) is 1. The van der Waals surface area contributed by atoms with Gasteiger partial charge in [0.1, 0.15) is 0 Å². The molecule has 0 unspecified atom stereocenters. The van der Waals surface area contributed by atoms with E-state index in [-0.39, 0.29) is 10.7 Å². The summed E-state index contributed by atoms with van der Waals surface area (Å²) in [6, 6.07) is 0.498. The van der Waals surface area contributed by atoms with E-state index in [0.717, 1.165) is 23.7 Å². The highest BCUT2D eigenvalue weighted by molar-refractivity contribution is 8.01. The molecule has 3 rings (SSSR count). The van der Waals surface area contributed by atoms with Crippen molar-refractivity contribution in [2.75, 3.05) is 5.75 Å². The van der Waals surface area contributed by atoms with E-state index in [9.17, 15) is 4.79 Å². The average molecular weight is 281 g/mol. The van der Waals surface area contributed by atoms with Crippen molar-refractivity contribution < 1.29 is 4.79 Å². The largest absolute Gasteiger partial charge is 0.352 e. The van der Waals surface area contributed by atoms with E-state index >= 15 is 0 Å². The first-order valence-electron chi connectivity index (χ1n) is 7.87. The van der Waals surface area contributed by atoms with Crippen LogP contribution >= 0.6 is 11.8 Å². The first kappa shape index (κ1) is 13.8. The summed E-state index contributed by atoms with van der Waals surface area (Å²) >= 11 is 1.75. The molecule has 0 spiro atoms. The molecule has 3 aliphatic carbocycles. The Kier molecular flexibility index (Phi) is 3.61. The van der Waals surface area contributed by atoms with E-state index in [4.69, 9.17) is 0 Å². The molecule has 0 aromatic heterocycles. The monoisotopic (exact) mass is 281 g/mol. The Labute approximate surface area is 121 Å². The minimum absolute atomic E-state index is 0.183. The van der Waals surface area contributed by atoms with Crippen LogP contribution in [0, 0.1) is 23.7 Å². The molecule has 3 aliphatic rings. The fourth-order valence-electron chi connectivity index (χ4n) is 4.76. The van der Waals surface area contributed by atoms with Crippen molar-refractivity contribution in [2.24, 2.45) is 23.7 Å². The third-order valence-electron chi connectivity index (χ3n) is 5.41. The number of thioether (sulfide) groups is 1. The van der Waals surface area contributed by atoms with E-state index in [0.29, 0.717) is 11.8 Å². The summed E-state index contributed by atoms with van der Waals surface area (Å²) in [5, 5.41) is 3.34. The molecule has 19 heavy (non-hydrogen) atoms. The molecule has 108 valence electrons. The van der Waals surface area contributed by atoms with Gasteiger partial charge in [-0.3, -0.25) is 4.79 Å². The number of fused-ring (bicyclic) bond motifs is 5. The van der Waals surface area contributed by atoms with Gasteiger partial charge in [0.15, 0.2) is 0 Å². The molecule has 1 amide bonds. The number of carbonyl (C=O) groups excluding carboxylic acids is 1. The van der Waals surface area contributed by atoms with Gasteiger partial charge in [-0.2, -0.15) is 0 Å². The Bertz CT molecular complexity index is 362. The minimum atomic E-state index is 0.183. The molecule has 0 heterocycles. The number of rotatable bonds is 3. The Morgan fingerprint density at radius 3 is 2.63 bits per heavy atom. The van der Waals surface area contributed by atoms with Crippen LogP contribution in [0.3, 0.4) is 0 Å². The molecule has 2 bridgehead atoms. The standard InChI is InChI=1S/C16H27NOS/c1-16(2,3)19-9-15(18)17-14-8-10-7-13(14)12-6-4-5-11(10)12/h10-14H,4-9H2,1-3H3,(H,17,18)/t10-,11+,12+,13+,14-/m1/s1. The molecule has 2 nitrogen and oxygen atoms in total. The molecule has 5 atom stereocenters. The first-order chi connectivity index (χ1) is 8.94. The maximum absolute atomic E-state index is 12.1. The van der Waals surface area contributed by atoms with Crippen LogP contribution in [0.2, 0.25) is 0 Å². The van der Waals surface area contributed by atoms with Gasteiger partial charge in [-0.25, -0.2) is 0 Å². The molecular formula is C16H27NOS. The van der Waals surface area contributed by atoms with Crippen molar-refractivity contribution in [2.45, 2.75) is 63.7 Å². The van der Waals surface area contributed by atoms with Crippen LogP contribution in [0.4, 0.5) is 0 Å². The predicted molar refractivity (Wildman–Crippen MR) is 81.2 cm³/mol. The first-order valence-corrected chi connectivity index (χ1v) is 8.86. The van der Waals surface area contributed by atoms with Crippen molar-refractivity contribution in [1.29, 1.82) is 0 Å². The second kappa shape index (κ2) is 4.98. The van der Waals surface area contributed by atoms with Crippen LogP contribution in [0.15, 0.2) is 0 Å². The molecule has 0 aliphatic heterocycles. The molecule has 3 heteroatoms. The van der Waals surface area contributed by atoms with Gasteiger partial charge in [-0.15, -0.1) is 11.8 Å².